The molecule has 0 amide bonds. The van der Waals surface area contributed by atoms with Gasteiger partial charge in [0.25, 0.3) is 0 Å². The molecule has 0 N–H and O–H groups in total. The first kappa shape index (κ1) is 23.3. The first-order valence-electron chi connectivity index (χ1n) is 10.9. The van der Waals surface area contributed by atoms with Crippen LogP contribution in [-0.2, 0) is 4.74 Å². The maximum absolute atomic E-state index is 5.84. The standard InChI is InChI=1S/C30H22O5/c1-3-13-25(14-4-1)34-29-19-9-7-17-27(29)32-23-11-21-31-22-12-24-33-28-18-8-10-20-30(28)35-26-15-5-2-6-16-26/h1-10,13-20H,21-22H2. The average molecular weight is 463 g/mol. The van der Waals surface area contributed by atoms with Gasteiger partial charge in [-0.2, -0.15) is 0 Å². The lowest BCUT2D eigenvalue weighted by molar-refractivity contribution is 0.203. The molecular formula is C30H22O5. The zero-order valence-electron chi connectivity index (χ0n) is 18.8. The summed E-state index contributed by atoms with van der Waals surface area (Å²) in [5, 5.41) is 0. The van der Waals surface area contributed by atoms with Gasteiger partial charge in [0.1, 0.15) is 36.9 Å². The molecule has 172 valence electrons. The van der Waals surface area contributed by atoms with Crippen molar-refractivity contribution < 1.29 is 23.7 Å². The molecular weight excluding hydrogens is 440 g/mol. The molecule has 0 radical (unpaired) electrons. The third kappa shape index (κ3) is 7.61. The normalized spacial score (nSPS) is 9.60. The van der Waals surface area contributed by atoms with Crippen LogP contribution in [0.25, 0.3) is 0 Å². The molecule has 0 aliphatic carbocycles. The molecule has 0 unspecified atom stereocenters. The highest BCUT2D eigenvalue weighted by atomic mass is 16.5. The molecule has 5 heteroatoms. The van der Waals surface area contributed by atoms with Crippen LogP contribution in [0, 0.1) is 24.1 Å². The number of hydrogen-bond donors (Lipinski definition) is 0. The minimum atomic E-state index is 0.157. The fourth-order valence-corrected chi connectivity index (χ4v) is 2.86. The Balaban J connectivity index is 1.21. The minimum Gasteiger partial charge on any atom is -0.453 e. The highest BCUT2D eigenvalue weighted by Crippen LogP contribution is 2.31. The zero-order valence-corrected chi connectivity index (χ0v) is 18.8. The summed E-state index contributed by atoms with van der Waals surface area (Å²) >= 11 is 0. The third-order valence-corrected chi connectivity index (χ3v) is 4.46. The average Bonchev–Trinajstić information content (AvgIpc) is 2.91. The van der Waals surface area contributed by atoms with Crippen LogP contribution >= 0.6 is 0 Å². The van der Waals surface area contributed by atoms with Gasteiger partial charge in [-0.15, -0.1) is 0 Å². The Hall–Kier alpha value is -4.84. The van der Waals surface area contributed by atoms with Crippen molar-refractivity contribution in [3.05, 3.63) is 109 Å². The molecule has 0 bridgehead atoms. The molecule has 0 aliphatic heterocycles. The van der Waals surface area contributed by atoms with E-state index in [9.17, 15) is 0 Å². The van der Waals surface area contributed by atoms with Crippen LogP contribution < -0.4 is 18.9 Å². The molecule has 5 nitrogen and oxygen atoms in total. The lowest BCUT2D eigenvalue weighted by Crippen LogP contribution is -1.94. The molecule has 35 heavy (non-hydrogen) atoms. The summed E-state index contributed by atoms with van der Waals surface area (Å²) in [5.74, 6) is 9.22. The van der Waals surface area contributed by atoms with E-state index < -0.39 is 0 Å². The Labute approximate surface area is 204 Å². The summed E-state index contributed by atoms with van der Waals surface area (Å²) in [6, 6.07) is 33.6. The molecule has 0 heterocycles. The molecule has 0 spiro atoms. The Morgan fingerprint density at radius 3 is 1.23 bits per heavy atom. The van der Waals surface area contributed by atoms with Crippen molar-refractivity contribution in [1.29, 1.82) is 0 Å². The Kier molecular flexibility index (Phi) is 8.67. The van der Waals surface area contributed by atoms with Crippen molar-refractivity contribution in [2.45, 2.75) is 0 Å². The van der Waals surface area contributed by atoms with E-state index in [1.54, 1.807) is 12.1 Å². The van der Waals surface area contributed by atoms with Crippen LogP contribution in [0.4, 0.5) is 0 Å². The van der Waals surface area contributed by atoms with Gasteiger partial charge in [0, 0.05) is 0 Å². The van der Waals surface area contributed by atoms with E-state index in [0.29, 0.717) is 23.0 Å². The lowest BCUT2D eigenvalue weighted by Gasteiger charge is -2.08. The second kappa shape index (κ2) is 13.0. The lowest BCUT2D eigenvalue weighted by atomic mass is 10.3. The minimum absolute atomic E-state index is 0.157. The van der Waals surface area contributed by atoms with Crippen molar-refractivity contribution in [2.75, 3.05) is 13.2 Å². The molecule has 4 aromatic carbocycles. The molecule has 0 aliphatic rings. The van der Waals surface area contributed by atoms with E-state index in [2.05, 4.69) is 24.1 Å². The Bertz CT molecular complexity index is 1220. The van der Waals surface area contributed by atoms with Gasteiger partial charge >= 0.3 is 0 Å². The summed E-state index contributed by atoms with van der Waals surface area (Å²) in [5.41, 5.74) is 0. The predicted octanol–water partition coefficient (Wildman–Crippen LogP) is 6.67. The fraction of sp³-hybridized carbons (Fsp3) is 0.0667. The van der Waals surface area contributed by atoms with E-state index in [4.69, 9.17) is 23.7 Å². The van der Waals surface area contributed by atoms with Crippen molar-refractivity contribution in [3.63, 3.8) is 0 Å². The first-order chi connectivity index (χ1) is 17.4. The second-order valence-corrected chi connectivity index (χ2v) is 6.98. The Morgan fingerprint density at radius 1 is 0.429 bits per heavy atom. The predicted molar refractivity (Wildman–Crippen MR) is 134 cm³/mol. The number of ether oxygens (including phenoxy) is 5. The van der Waals surface area contributed by atoms with Gasteiger partial charge in [-0.1, -0.05) is 60.7 Å². The maximum Gasteiger partial charge on any atom is 0.182 e. The summed E-state index contributed by atoms with van der Waals surface area (Å²) in [7, 11) is 0. The number of benzene rings is 4. The Morgan fingerprint density at radius 2 is 0.800 bits per heavy atom. The van der Waals surface area contributed by atoms with Crippen LogP contribution in [0.5, 0.6) is 34.5 Å². The zero-order chi connectivity index (χ0) is 24.0. The van der Waals surface area contributed by atoms with Crippen LogP contribution in [-0.4, -0.2) is 13.2 Å². The van der Waals surface area contributed by atoms with Gasteiger partial charge in [0.2, 0.25) is 0 Å². The second-order valence-electron chi connectivity index (χ2n) is 6.98. The van der Waals surface area contributed by atoms with Crippen LogP contribution in [0.2, 0.25) is 0 Å². The SMILES string of the molecule is C(#COc1ccccc1Oc1ccccc1)COCC#COc1ccccc1Oc1ccccc1. The van der Waals surface area contributed by atoms with Gasteiger partial charge in [0.15, 0.2) is 23.0 Å². The van der Waals surface area contributed by atoms with Gasteiger partial charge in [-0.3, -0.25) is 0 Å². The van der Waals surface area contributed by atoms with Crippen LogP contribution in [0.15, 0.2) is 109 Å². The number of rotatable bonds is 8. The molecule has 0 saturated carbocycles. The van der Waals surface area contributed by atoms with E-state index in [1.807, 2.05) is 97.1 Å². The maximum atomic E-state index is 5.84. The van der Waals surface area contributed by atoms with E-state index in [-0.39, 0.29) is 13.2 Å². The highest BCUT2D eigenvalue weighted by Gasteiger charge is 2.05. The molecule has 0 saturated heterocycles. The van der Waals surface area contributed by atoms with Gasteiger partial charge in [-0.25, -0.2) is 0 Å². The summed E-state index contributed by atoms with van der Waals surface area (Å²) in [6.07, 6.45) is 5.25. The fourth-order valence-electron chi connectivity index (χ4n) is 2.86. The molecule has 0 aromatic heterocycles. The van der Waals surface area contributed by atoms with Crippen LogP contribution in [0.3, 0.4) is 0 Å². The number of hydrogen-bond acceptors (Lipinski definition) is 5. The van der Waals surface area contributed by atoms with Crippen molar-refractivity contribution in [1.82, 2.24) is 0 Å². The van der Waals surface area contributed by atoms with E-state index in [0.717, 1.165) is 11.5 Å². The summed E-state index contributed by atoms with van der Waals surface area (Å²) in [4.78, 5) is 0. The largest absolute Gasteiger partial charge is 0.453 e. The molecule has 4 aromatic rings. The topological polar surface area (TPSA) is 46.2 Å². The monoisotopic (exact) mass is 462 g/mol. The first-order valence-corrected chi connectivity index (χ1v) is 10.9. The van der Waals surface area contributed by atoms with E-state index in [1.165, 1.54) is 0 Å². The molecule has 0 fully saturated rings. The van der Waals surface area contributed by atoms with Crippen molar-refractivity contribution >= 4 is 0 Å². The van der Waals surface area contributed by atoms with E-state index >= 15 is 0 Å². The van der Waals surface area contributed by atoms with Gasteiger partial charge in [0.05, 0.1) is 0 Å². The summed E-state index contributed by atoms with van der Waals surface area (Å²) < 4.78 is 28.1. The highest BCUT2D eigenvalue weighted by molar-refractivity contribution is 5.44. The molecule has 4 rings (SSSR count). The van der Waals surface area contributed by atoms with Crippen molar-refractivity contribution in [3.8, 4) is 58.6 Å². The van der Waals surface area contributed by atoms with Gasteiger partial charge in [-0.05, 0) is 60.4 Å². The smallest absolute Gasteiger partial charge is 0.182 e. The summed E-state index contributed by atoms with van der Waals surface area (Å²) in [6.45, 7) is 0.314. The van der Waals surface area contributed by atoms with Gasteiger partial charge < -0.3 is 23.7 Å². The number of para-hydroxylation sites is 6. The molecule has 0 atom stereocenters. The van der Waals surface area contributed by atoms with Crippen LogP contribution in [0.1, 0.15) is 0 Å². The third-order valence-electron chi connectivity index (χ3n) is 4.46. The quantitative estimate of drug-likeness (QED) is 0.216. The van der Waals surface area contributed by atoms with Crippen molar-refractivity contribution in [2.24, 2.45) is 0 Å².